The molecule has 0 aromatic carbocycles. The van der Waals surface area contributed by atoms with E-state index in [9.17, 15) is 9.59 Å². The Labute approximate surface area is 140 Å². The molecule has 1 atom stereocenters. The molecule has 0 aromatic heterocycles. The lowest BCUT2D eigenvalue weighted by Gasteiger charge is -2.33. The summed E-state index contributed by atoms with van der Waals surface area (Å²) < 4.78 is 0. The van der Waals surface area contributed by atoms with E-state index in [0.29, 0.717) is 25.6 Å². The Bertz CT molecular complexity index is 384. The molecule has 1 aliphatic heterocycles. The Balaban J connectivity index is 0.00000242. The molecule has 22 heavy (non-hydrogen) atoms. The Kier molecular flexibility index (Phi) is 7.63. The molecule has 0 spiro atoms. The number of halogens is 1. The number of nitrogens with one attached hydrogen (secondary N) is 1. The zero-order chi connectivity index (χ0) is 15.4. The van der Waals surface area contributed by atoms with Gasteiger partial charge in [-0.1, -0.05) is 6.92 Å². The highest BCUT2D eigenvalue weighted by Crippen LogP contribution is 2.31. The smallest absolute Gasteiger partial charge is 0.227 e. The van der Waals surface area contributed by atoms with Crippen LogP contribution in [0.25, 0.3) is 0 Å². The van der Waals surface area contributed by atoms with E-state index >= 15 is 0 Å². The highest BCUT2D eigenvalue weighted by atomic mass is 35.5. The van der Waals surface area contributed by atoms with Crippen molar-refractivity contribution in [3.05, 3.63) is 0 Å². The summed E-state index contributed by atoms with van der Waals surface area (Å²) in [6, 6.07) is 0.370. The third-order valence-corrected chi connectivity index (χ3v) is 5.01. The van der Waals surface area contributed by atoms with Crippen molar-refractivity contribution in [3.8, 4) is 0 Å². The third kappa shape index (κ3) is 4.59. The molecule has 0 radical (unpaired) electrons. The lowest BCUT2D eigenvalue weighted by atomic mass is 9.87. The average Bonchev–Trinajstić information content (AvgIpc) is 2.86. The summed E-state index contributed by atoms with van der Waals surface area (Å²) in [6.07, 6.45) is 5.01. The minimum Gasteiger partial charge on any atom is -0.344 e. The van der Waals surface area contributed by atoms with Crippen LogP contribution in [0.4, 0.5) is 0 Å². The van der Waals surface area contributed by atoms with Gasteiger partial charge >= 0.3 is 0 Å². The molecule has 128 valence electrons. The van der Waals surface area contributed by atoms with Crippen molar-refractivity contribution in [2.24, 2.45) is 11.8 Å². The Hall–Kier alpha value is -0.810. The minimum atomic E-state index is -0.140. The van der Waals surface area contributed by atoms with E-state index in [1.807, 2.05) is 19.0 Å². The zero-order valence-electron chi connectivity index (χ0n) is 14.0. The first kappa shape index (κ1) is 19.2. The second-order valence-corrected chi connectivity index (χ2v) is 6.72. The summed E-state index contributed by atoms with van der Waals surface area (Å²) in [5, 5.41) is 3.05. The van der Waals surface area contributed by atoms with Gasteiger partial charge in [-0.2, -0.15) is 0 Å². The average molecular weight is 332 g/mol. The Morgan fingerprint density at radius 2 is 1.95 bits per heavy atom. The fraction of sp³-hybridized carbons (Fsp3) is 0.875. The van der Waals surface area contributed by atoms with Crippen LogP contribution < -0.4 is 5.32 Å². The Morgan fingerprint density at radius 1 is 1.32 bits per heavy atom. The topological polar surface area (TPSA) is 52.7 Å². The largest absolute Gasteiger partial charge is 0.344 e. The lowest BCUT2D eigenvalue weighted by molar-refractivity contribution is -0.134. The predicted molar refractivity (Wildman–Crippen MR) is 90.1 cm³/mol. The number of likely N-dealkylation sites (N-methyl/N-ethyl adjacent to an activating group) is 2. The molecule has 1 aliphatic carbocycles. The summed E-state index contributed by atoms with van der Waals surface area (Å²) in [5.74, 6) is 0.933. The van der Waals surface area contributed by atoms with Gasteiger partial charge in [0.1, 0.15) is 0 Å². The van der Waals surface area contributed by atoms with Crippen LogP contribution in [0.15, 0.2) is 0 Å². The molecule has 2 rings (SSSR count). The molecule has 1 saturated heterocycles. The fourth-order valence-electron chi connectivity index (χ4n) is 3.51. The number of rotatable bonds is 5. The van der Waals surface area contributed by atoms with Crippen LogP contribution in [0, 0.1) is 11.8 Å². The molecule has 1 N–H and O–H groups in total. The highest BCUT2D eigenvalue weighted by molar-refractivity contribution is 5.89. The normalized spacial score (nSPS) is 28.4. The van der Waals surface area contributed by atoms with Crippen LogP contribution in [-0.2, 0) is 9.59 Å². The van der Waals surface area contributed by atoms with Crippen LogP contribution in [0.3, 0.4) is 0 Å². The van der Waals surface area contributed by atoms with Gasteiger partial charge in [-0.05, 0) is 38.6 Å². The van der Waals surface area contributed by atoms with Crippen molar-refractivity contribution in [1.82, 2.24) is 15.1 Å². The van der Waals surface area contributed by atoms with Gasteiger partial charge in [0, 0.05) is 39.1 Å². The molecular formula is C16H30ClN3O2. The zero-order valence-corrected chi connectivity index (χ0v) is 14.8. The van der Waals surface area contributed by atoms with Crippen molar-refractivity contribution < 1.29 is 9.59 Å². The van der Waals surface area contributed by atoms with Gasteiger partial charge in [-0.15, -0.1) is 12.4 Å². The molecule has 1 saturated carbocycles. The summed E-state index contributed by atoms with van der Waals surface area (Å²) >= 11 is 0. The van der Waals surface area contributed by atoms with Gasteiger partial charge in [0.05, 0.1) is 5.92 Å². The Morgan fingerprint density at radius 3 is 2.55 bits per heavy atom. The monoisotopic (exact) mass is 331 g/mol. The first-order valence-electron chi connectivity index (χ1n) is 8.22. The van der Waals surface area contributed by atoms with E-state index in [4.69, 9.17) is 0 Å². The number of hydrogen-bond donors (Lipinski definition) is 1. The minimum absolute atomic E-state index is 0. The van der Waals surface area contributed by atoms with Gasteiger partial charge in [-0.25, -0.2) is 0 Å². The first-order chi connectivity index (χ1) is 10.0. The van der Waals surface area contributed by atoms with Gasteiger partial charge in [0.15, 0.2) is 0 Å². The predicted octanol–water partition coefficient (Wildman–Crippen LogP) is 1.51. The van der Waals surface area contributed by atoms with Crippen LogP contribution in [0.5, 0.6) is 0 Å². The maximum absolute atomic E-state index is 12.4. The number of carbonyl (C=O) groups excluding carboxylic acids is 2. The molecule has 0 bridgehead atoms. The van der Waals surface area contributed by atoms with Crippen molar-refractivity contribution in [2.45, 2.75) is 45.1 Å². The number of amides is 2. The summed E-state index contributed by atoms with van der Waals surface area (Å²) in [5.41, 5.74) is 0. The number of carbonyl (C=O) groups is 2. The summed E-state index contributed by atoms with van der Waals surface area (Å²) in [4.78, 5) is 28.4. The van der Waals surface area contributed by atoms with E-state index in [0.717, 1.165) is 25.3 Å². The van der Waals surface area contributed by atoms with Crippen LogP contribution in [0.2, 0.25) is 0 Å². The quantitative estimate of drug-likeness (QED) is 0.831. The highest BCUT2D eigenvalue weighted by Gasteiger charge is 2.39. The summed E-state index contributed by atoms with van der Waals surface area (Å²) in [7, 11) is 3.71. The third-order valence-electron chi connectivity index (χ3n) is 5.01. The van der Waals surface area contributed by atoms with Crippen molar-refractivity contribution in [1.29, 1.82) is 0 Å². The molecule has 0 aromatic rings. The SMILES string of the molecule is CNCCN(C)C(=O)C1CC(=O)N(C2CCC(C)CC2)C1.Cl. The maximum Gasteiger partial charge on any atom is 0.227 e. The van der Waals surface area contributed by atoms with Crippen LogP contribution in [0.1, 0.15) is 39.0 Å². The van der Waals surface area contributed by atoms with Crippen LogP contribution in [-0.4, -0.2) is 61.4 Å². The van der Waals surface area contributed by atoms with Gasteiger partial charge in [0.25, 0.3) is 0 Å². The van der Waals surface area contributed by atoms with E-state index in [1.54, 1.807) is 4.90 Å². The van der Waals surface area contributed by atoms with Crippen molar-refractivity contribution in [3.63, 3.8) is 0 Å². The fourth-order valence-corrected chi connectivity index (χ4v) is 3.51. The number of hydrogen-bond acceptors (Lipinski definition) is 3. The van der Waals surface area contributed by atoms with Gasteiger partial charge in [-0.3, -0.25) is 9.59 Å². The first-order valence-corrected chi connectivity index (χ1v) is 8.22. The molecule has 2 fully saturated rings. The van der Waals surface area contributed by atoms with Gasteiger partial charge in [0.2, 0.25) is 11.8 Å². The molecule has 2 amide bonds. The van der Waals surface area contributed by atoms with Gasteiger partial charge < -0.3 is 15.1 Å². The number of likely N-dealkylation sites (tertiary alicyclic amines) is 1. The number of nitrogens with zero attached hydrogens (tertiary/aromatic N) is 2. The molecule has 1 heterocycles. The maximum atomic E-state index is 12.4. The van der Waals surface area contributed by atoms with Crippen molar-refractivity contribution in [2.75, 3.05) is 33.7 Å². The second-order valence-electron chi connectivity index (χ2n) is 6.72. The van der Waals surface area contributed by atoms with E-state index in [-0.39, 0.29) is 30.1 Å². The van der Waals surface area contributed by atoms with E-state index in [2.05, 4.69) is 12.2 Å². The lowest BCUT2D eigenvalue weighted by Crippen LogP contribution is -2.41. The second kappa shape index (κ2) is 8.73. The molecule has 5 nitrogen and oxygen atoms in total. The molecular weight excluding hydrogens is 302 g/mol. The molecule has 1 unspecified atom stereocenters. The molecule has 2 aliphatic rings. The van der Waals surface area contributed by atoms with Crippen LogP contribution >= 0.6 is 12.4 Å². The van der Waals surface area contributed by atoms with E-state index < -0.39 is 0 Å². The van der Waals surface area contributed by atoms with E-state index in [1.165, 1.54) is 12.8 Å². The molecule has 6 heteroatoms. The standard InChI is InChI=1S/C16H29N3O2.ClH/c1-12-4-6-14(7-5-12)19-11-13(10-15(19)20)16(21)18(3)9-8-17-2;/h12-14,17H,4-11H2,1-3H3;1H. The van der Waals surface area contributed by atoms with Crippen molar-refractivity contribution >= 4 is 24.2 Å². The summed E-state index contributed by atoms with van der Waals surface area (Å²) in [6.45, 7) is 4.39.